The molecule has 3 rings (SSSR count). The number of nitrogens with two attached hydrogens (primary N) is 1. The minimum Gasteiger partial charge on any atom is -0.384 e. The molecule has 4 heteroatoms. The Morgan fingerprint density at radius 1 is 1.15 bits per heavy atom. The van der Waals surface area contributed by atoms with Gasteiger partial charge in [0.05, 0.1) is 5.69 Å². The highest BCUT2D eigenvalue weighted by Gasteiger charge is 2.11. The third-order valence-corrected chi connectivity index (χ3v) is 3.99. The highest BCUT2D eigenvalue weighted by Crippen LogP contribution is 2.22. The van der Waals surface area contributed by atoms with Gasteiger partial charge in [-0.2, -0.15) is 5.10 Å². The van der Waals surface area contributed by atoms with E-state index in [1.54, 1.807) is 4.68 Å². The maximum Gasteiger partial charge on any atom is 0.121 e. The van der Waals surface area contributed by atoms with Gasteiger partial charge in [0.1, 0.15) is 5.82 Å². The van der Waals surface area contributed by atoms with E-state index in [1.807, 2.05) is 13.1 Å². The molecule has 1 aliphatic heterocycles. The fraction of sp³-hybridized carbons (Fsp3) is 0.438. The van der Waals surface area contributed by atoms with Gasteiger partial charge in [-0.3, -0.25) is 9.58 Å². The number of rotatable bonds is 3. The largest absolute Gasteiger partial charge is 0.384 e. The molecule has 0 atom stereocenters. The number of anilines is 1. The van der Waals surface area contributed by atoms with Gasteiger partial charge in [0.25, 0.3) is 0 Å². The van der Waals surface area contributed by atoms with E-state index in [2.05, 4.69) is 34.3 Å². The van der Waals surface area contributed by atoms with Crippen molar-refractivity contribution in [3.8, 4) is 11.3 Å². The van der Waals surface area contributed by atoms with Crippen molar-refractivity contribution in [2.24, 2.45) is 7.05 Å². The summed E-state index contributed by atoms with van der Waals surface area (Å²) in [6.45, 7) is 3.48. The van der Waals surface area contributed by atoms with Crippen LogP contribution in [-0.2, 0) is 13.6 Å². The zero-order chi connectivity index (χ0) is 13.9. The summed E-state index contributed by atoms with van der Waals surface area (Å²) < 4.78 is 1.71. The maximum atomic E-state index is 5.86. The first-order valence-corrected chi connectivity index (χ1v) is 7.33. The highest BCUT2D eigenvalue weighted by molar-refractivity contribution is 5.63. The molecule has 2 N–H and O–H groups in total. The van der Waals surface area contributed by atoms with Crippen molar-refractivity contribution in [1.82, 2.24) is 14.7 Å². The van der Waals surface area contributed by atoms with Crippen LogP contribution in [-0.4, -0.2) is 27.8 Å². The van der Waals surface area contributed by atoms with Crippen LogP contribution >= 0.6 is 0 Å². The molecule has 4 nitrogen and oxygen atoms in total. The maximum absolute atomic E-state index is 5.86. The van der Waals surface area contributed by atoms with E-state index in [0.29, 0.717) is 5.82 Å². The van der Waals surface area contributed by atoms with Crippen LogP contribution in [0.4, 0.5) is 5.82 Å². The first kappa shape index (κ1) is 13.2. The summed E-state index contributed by atoms with van der Waals surface area (Å²) in [5.74, 6) is 0.696. The summed E-state index contributed by atoms with van der Waals surface area (Å²) in [6, 6.07) is 10.6. The molecule has 0 amide bonds. The lowest BCUT2D eigenvalue weighted by Crippen LogP contribution is -2.29. The number of aromatic nitrogens is 2. The summed E-state index contributed by atoms with van der Waals surface area (Å²) in [5.41, 5.74) is 9.31. The molecule has 1 aromatic heterocycles. The molecule has 0 aliphatic carbocycles. The van der Waals surface area contributed by atoms with Gasteiger partial charge in [-0.1, -0.05) is 24.6 Å². The fourth-order valence-corrected chi connectivity index (χ4v) is 2.83. The molecule has 1 aromatic carbocycles. The van der Waals surface area contributed by atoms with Gasteiger partial charge in [-0.15, -0.1) is 0 Å². The van der Waals surface area contributed by atoms with E-state index in [-0.39, 0.29) is 0 Å². The quantitative estimate of drug-likeness (QED) is 0.932. The molecule has 0 bridgehead atoms. The second-order valence-electron chi connectivity index (χ2n) is 5.62. The first-order chi connectivity index (χ1) is 9.72. The van der Waals surface area contributed by atoms with Crippen molar-refractivity contribution in [1.29, 1.82) is 0 Å². The standard InChI is InChI=1S/C16H22N4/c1-19-16(17)11-15(18-19)14-7-5-6-13(10-14)12-20-8-3-2-4-9-20/h5-7,10-11H,2-4,8-9,12,17H2,1H3. The number of nitrogens with zero attached hydrogens (tertiary/aromatic N) is 3. The number of likely N-dealkylation sites (tertiary alicyclic amines) is 1. The van der Waals surface area contributed by atoms with Crippen molar-refractivity contribution in [2.45, 2.75) is 25.8 Å². The predicted molar refractivity (Wildman–Crippen MR) is 82.2 cm³/mol. The van der Waals surface area contributed by atoms with Gasteiger partial charge in [-0.05, 0) is 37.6 Å². The van der Waals surface area contributed by atoms with E-state index in [0.717, 1.165) is 17.8 Å². The second-order valence-corrected chi connectivity index (χ2v) is 5.62. The molecular weight excluding hydrogens is 248 g/mol. The Labute approximate surface area is 120 Å². The van der Waals surface area contributed by atoms with Gasteiger partial charge in [0, 0.05) is 25.2 Å². The molecule has 0 spiro atoms. The minimum atomic E-state index is 0.696. The molecule has 20 heavy (non-hydrogen) atoms. The summed E-state index contributed by atoms with van der Waals surface area (Å²) >= 11 is 0. The molecule has 1 fully saturated rings. The van der Waals surface area contributed by atoms with Gasteiger partial charge in [0.15, 0.2) is 0 Å². The number of aryl methyl sites for hydroxylation is 1. The van der Waals surface area contributed by atoms with Gasteiger partial charge < -0.3 is 5.73 Å². The lowest BCUT2D eigenvalue weighted by molar-refractivity contribution is 0.221. The van der Waals surface area contributed by atoms with Crippen LogP contribution in [0.15, 0.2) is 30.3 Å². The summed E-state index contributed by atoms with van der Waals surface area (Å²) in [5, 5.41) is 4.45. The Bertz CT molecular complexity index is 562. The van der Waals surface area contributed by atoms with E-state index in [9.17, 15) is 0 Å². The SMILES string of the molecule is Cn1nc(-c2cccc(CN3CCCCC3)c2)cc1N. The van der Waals surface area contributed by atoms with Crippen LogP contribution in [0.2, 0.25) is 0 Å². The number of hydrogen-bond donors (Lipinski definition) is 1. The fourth-order valence-electron chi connectivity index (χ4n) is 2.83. The number of hydrogen-bond acceptors (Lipinski definition) is 3. The van der Waals surface area contributed by atoms with Crippen LogP contribution in [0, 0.1) is 0 Å². The smallest absolute Gasteiger partial charge is 0.121 e. The normalized spacial score (nSPS) is 16.4. The van der Waals surface area contributed by atoms with E-state index in [1.165, 1.54) is 37.9 Å². The lowest BCUT2D eigenvalue weighted by Gasteiger charge is -2.26. The Morgan fingerprint density at radius 3 is 2.65 bits per heavy atom. The Morgan fingerprint density at radius 2 is 1.95 bits per heavy atom. The second kappa shape index (κ2) is 5.67. The molecular formula is C16H22N4. The predicted octanol–water partition coefficient (Wildman–Crippen LogP) is 2.66. The molecule has 1 saturated heterocycles. The number of piperidine rings is 1. The van der Waals surface area contributed by atoms with Crippen molar-refractivity contribution in [2.75, 3.05) is 18.8 Å². The average molecular weight is 270 g/mol. The summed E-state index contributed by atoms with van der Waals surface area (Å²) in [7, 11) is 1.87. The van der Waals surface area contributed by atoms with Gasteiger partial charge >= 0.3 is 0 Å². The third-order valence-electron chi connectivity index (χ3n) is 3.99. The van der Waals surface area contributed by atoms with E-state index < -0.39 is 0 Å². The monoisotopic (exact) mass is 270 g/mol. The van der Waals surface area contributed by atoms with Crippen LogP contribution in [0.25, 0.3) is 11.3 Å². The van der Waals surface area contributed by atoms with Crippen molar-refractivity contribution < 1.29 is 0 Å². The number of benzene rings is 1. The lowest BCUT2D eigenvalue weighted by atomic mass is 10.1. The zero-order valence-electron chi connectivity index (χ0n) is 12.0. The molecule has 1 aliphatic rings. The molecule has 0 radical (unpaired) electrons. The van der Waals surface area contributed by atoms with Crippen molar-refractivity contribution in [3.63, 3.8) is 0 Å². The third kappa shape index (κ3) is 2.85. The van der Waals surface area contributed by atoms with Crippen molar-refractivity contribution in [3.05, 3.63) is 35.9 Å². The average Bonchev–Trinajstić information content (AvgIpc) is 2.80. The minimum absolute atomic E-state index is 0.696. The molecule has 2 heterocycles. The summed E-state index contributed by atoms with van der Waals surface area (Å²) in [6.07, 6.45) is 4.04. The van der Waals surface area contributed by atoms with E-state index in [4.69, 9.17) is 5.73 Å². The Kier molecular flexibility index (Phi) is 3.74. The molecule has 0 saturated carbocycles. The van der Waals surface area contributed by atoms with Gasteiger partial charge in [-0.25, -0.2) is 0 Å². The highest BCUT2D eigenvalue weighted by atomic mass is 15.3. The van der Waals surface area contributed by atoms with Crippen molar-refractivity contribution >= 4 is 5.82 Å². The molecule has 2 aromatic rings. The zero-order valence-corrected chi connectivity index (χ0v) is 12.0. The summed E-state index contributed by atoms with van der Waals surface area (Å²) in [4.78, 5) is 2.54. The molecule has 0 unspecified atom stereocenters. The van der Waals surface area contributed by atoms with Crippen LogP contribution in [0.3, 0.4) is 0 Å². The van der Waals surface area contributed by atoms with Gasteiger partial charge in [0.2, 0.25) is 0 Å². The Balaban J connectivity index is 1.78. The van der Waals surface area contributed by atoms with Crippen LogP contribution < -0.4 is 5.73 Å². The van der Waals surface area contributed by atoms with E-state index >= 15 is 0 Å². The van der Waals surface area contributed by atoms with Crippen LogP contribution in [0.5, 0.6) is 0 Å². The Hall–Kier alpha value is -1.81. The topological polar surface area (TPSA) is 47.1 Å². The number of nitrogen functional groups attached to an aromatic ring is 1. The molecule has 106 valence electrons. The van der Waals surface area contributed by atoms with Crippen LogP contribution in [0.1, 0.15) is 24.8 Å². The first-order valence-electron chi connectivity index (χ1n) is 7.33.